The summed E-state index contributed by atoms with van der Waals surface area (Å²) in [5.41, 5.74) is 1.51. The summed E-state index contributed by atoms with van der Waals surface area (Å²) in [7, 11) is 1.53. The minimum absolute atomic E-state index is 0.0447. The topological polar surface area (TPSA) is 97.4 Å². The fourth-order valence-electron chi connectivity index (χ4n) is 3.19. The lowest BCUT2D eigenvalue weighted by atomic mass is 10.1. The van der Waals surface area contributed by atoms with E-state index < -0.39 is 24.0 Å². The Kier molecular flexibility index (Phi) is 5.90. The number of carbonyl (C=O) groups is 1. The zero-order chi connectivity index (χ0) is 23.6. The molecule has 2 aromatic carbocycles. The van der Waals surface area contributed by atoms with Crippen LogP contribution in [0.25, 0.3) is 0 Å². The Morgan fingerprint density at radius 1 is 1.15 bits per heavy atom. The highest BCUT2D eigenvalue weighted by Gasteiger charge is 2.31. The Morgan fingerprint density at radius 3 is 2.70 bits per heavy atom. The summed E-state index contributed by atoms with van der Waals surface area (Å²) in [6.07, 6.45) is -4.16. The molecule has 1 aliphatic rings. The Morgan fingerprint density at radius 2 is 1.94 bits per heavy atom. The van der Waals surface area contributed by atoms with Gasteiger partial charge < -0.3 is 25.4 Å². The molecule has 0 saturated heterocycles. The molecule has 1 amide bonds. The Hall–Kier alpha value is -4.09. The number of carbonyl (C=O) groups excluding carboxylic acids is 1. The first-order valence-corrected chi connectivity index (χ1v) is 9.64. The first kappa shape index (κ1) is 22.1. The fraction of sp³-hybridized carbons (Fsp3) is 0.190. The molecule has 3 aromatic rings. The van der Waals surface area contributed by atoms with Crippen molar-refractivity contribution in [1.82, 2.24) is 15.3 Å². The standard InChI is InChI=1S/C21H17F4N5O3/c1-26-19(31)17-8-11-7-13(5-6-16(11)32-17)29-20-27-10-15(22)18(30-20)28-12-3-2-4-14(9-12)33-21(23,24)25/h2-7,9-10,17H,8H2,1H3,(H,26,31)(H2,27,28,29,30). The van der Waals surface area contributed by atoms with Crippen LogP contribution in [0.4, 0.5) is 40.7 Å². The van der Waals surface area contributed by atoms with Gasteiger partial charge in [0, 0.05) is 36.5 Å². The molecular formula is C21H17F4N5O3. The van der Waals surface area contributed by atoms with E-state index in [4.69, 9.17) is 4.74 Å². The van der Waals surface area contributed by atoms with Crippen LogP contribution in [-0.2, 0) is 11.2 Å². The van der Waals surface area contributed by atoms with Gasteiger partial charge in [0.2, 0.25) is 5.95 Å². The van der Waals surface area contributed by atoms with Crippen LogP contribution in [0.15, 0.2) is 48.7 Å². The van der Waals surface area contributed by atoms with Crippen molar-refractivity contribution in [2.24, 2.45) is 0 Å². The molecule has 1 atom stereocenters. The molecule has 0 aliphatic carbocycles. The summed E-state index contributed by atoms with van der Waals surface area (Å²) in [5.74, 6) is -1.13. The second kappa shape index (κ2) is 8.81. The maximum absolute atomic E-state index is 14.2. The number of fused-ring (bicyclic) bond motifs is 1. The zero-order valence-electron chi connectivity index (χ0n) is 17.0. The Balaban J connectivity index is 1.49. The van der Waals surface area contributed by atoms with E-state index in [1.807, 2.05) is 0 Å². The Bertz CT molecular complexity index is 1190. The van der Waals surface area contributed by atoms with Gasteiger partial charge in [0.15, 0.2) is 17.7 Å². The Labute approximate surface area is 185 Å². The summed E-state index contributed by atoms with van der Waals surface area (Å²) in [6.45, 7) is 0. The molecule has 4 rings (SSSR count). The molecule has 3 N–H and O–H groups in total. The highest BCUT2D eigenvalue weighted by Crippen LogP contribution is 2.32. The van der Waals surface area contributed by atoms with E-state index in [1.165, 1.54) is 19.2 Å². The predicted octanol–water partition coefficient (Wildman–Crippen LogP) is 4.05. The summed E-state index contributed by atoms with van der Waals surface area (Å²) < 4.78 is 61.0. The van der Waals surface area contributed by atoms with Crippen molar-refractivity contribution >= 4 is 29.0 Å². The zero-order valence-corrected chi connectivity index (χ0v) is 17.0. The van der Waals surface area contributed by atoms with Gasteiger partial charge in [0.05, 0.1) is 6.20 Å². The molecule has 172 valence electrons. The van der Waals surface area contributed by atoms with Crippen molar-refractivity contribution in [3.8, 4) is 11.5 Å². The lowest BCUT2D eigenvalue weighted by Crippen LogP contribution is -2.34. The van der Waals surface area contributed by atoms with Gasteiger partial charge in [-0.25, -0.2) is 9.37 Å². The van der Waals surface area contributed by atoms with Crippen molar-refractivity contribution in [3.63, 3.8) is 0 Å². The smallest absolute Gasteiger partial charge is 0.480 e. The highest BCUT2D eigenvalue weighted by atomic mass is 19.4. The van der Waals surface area contributed by atoms with E-state index in [0.717, 1.165) is 23.9 Å². The third kappa shape index (κ3) is 5.40. The largest absolute Gasteiger partial charge is 0.573 e. The van der Waals surface area contributed by atoms with E-state index in [0.29, 0.717) is 17.9 Å². The number of benzene rings is 2. The predicted molar refractivity (Wildman–Crippen MR) is 110 cm³/mol. The number of nitrogens with zero attached hydrogens (tertiary/aromatic N) is 2. The molecule has 0 radical (unpaired) electrons. The van der Waals surface area contributed by atoms with Crippen LogP contribution in [0.3, 0.4) is 0 Å². The first-order chi connectivity index (χ1) is 15.7. The molecule has 1 aliphatic heterocycles. The number of likely N-dealkylation sites (N-methyl/N-ethyl adjacent to an activating group) is 1. The fourth-order valence-corrected chi connectivity index (χ4v) is 3.19. The highest BCUT2D eigenvalue weighted by molar-refractivity contribution is 5.82. The minimum atomic E-state index is -4.85. The normalized spacial score (nSPS) is 14.8. The average molecular weight is 463 g/mol. The van der Waals surface area contributed by atoms with Crippen LogP contribution in [0.2, 0.25) is 0 Å². The van der Waals surface area contributed by atoms with Crippen LogP contribution in [0.5, 0.6) is 11.5 Å². The first-order valence-electron chi connectivity index (χ1n) is 9.64. The number of nitrogens with one attached hydrogen (secondary N) is 3. The molecule has 0 spiro atoms. The van der Waals surface area contributed by atoms with Crippen LogP contribution in [0.1, 0.15) is 5.56 Å². The number of halogens is 4. The molecule has 1 unspecified atom stereocenters. The summed E-state index contributed by atoms with van der Waals surface area (Å²) in [6, 6.07) is 10.1. The van der Waals surface area contributed by atoms with E-state index in [2.05, 4.69) is 30.7 Å². The average Bonchev–Trinajstić information content (AvgIpc) is 3.18. The van der Waals surface area contributed by atoms with E-state index in [1.54, 1.807) is 18.2 Å². The van der Waals surface area contributed by atoms with E-state index >= 15 is 0 Å². The quantitative estimate of drug-likeness (QED) is 0.475. The number of hydrogen-bond donors (Lipinski definition) is 3. The molecule has 8 nitrogen and oxygen atoms in total. The molecule has 0 fully saturated rings. The van der Waals surface area contributed by atoms with Gasteiger partial charge in [-0.1, -0.05) is 6.07 Å². The number of hydrogen-bond acceptors (Lipinski definition) is 7. The van der Waals surface area contributed by atoms with Crippen LogP contribution >= 0.6 is 0 Å². The molecule has 0 bridgehead atoms. The number of aromatic nitrogens is 2. The lowest BCUT2D eigenvalue weighted by molar-refractivity contribution is -0.274. The van der Waals surface area contributed by atoms with Gasteiger partial charge >= 0.3 is 6.36 Å². The molecule has 33 heavy (non-hydrogen) atoms. The number of anilines is 4. The number of amides is 1. The van der Waals surface area contributed by atoms with Gasteiger partial charge in [-0.3, -0.25) is 4.79 Å². The van der Waals surface area contributed by atoms with Crippen molar-refractivity contribution in [2.45, 2.75) is 18.9 Å². The summed E-state index contributed by atoms with van der Waals surface area (Å²) >= 11 is 0. The van der Waals surface area contributed by atoms with Crippen LogP contribution in [-0.4, -0.2) is 35.4 Å². The van der Waals surface area contributed by atoms with E-state index in [-0.39, 0.29) is 23.4 Å². The second-order valence-electron chi connectivity index (χ2n) is 6.96. The molecular weight excluding hydrogens is 446 g/mol. The number of ether oxygens (including phenoxy) is 2. The van der Waals surface area contributed by atoms with Gasteiger partial charge in [-0.15, -0.1) is 13.2 Å². The summed E-state index contributed by atoms with van der Waals surface area (Å²) in [5, 5.41) is 8.08. The maximum Gasteiger partial charge on any atom is 0.573 e. The molecule has 1 aromatic heterocycles. The third-order valence-corrected chi connectivity index (χ3v) is 4.60. The monoisotopic (exact) mass is 463 g/mol. The summed E-state index contributed by atoms with van der Waals surface area (Å²) in [4.78, 5) is 19.7. The third-order valence-electron chi connectivity index (χ3n) is 4.60. The van der Waals surface area contributed by atoms with Crippen molar-refractivity contribution in [3.05, 3.63) is 60.0 Å². The van der Waals surface area contributed by atoms with Crippen molar-refractivity contribution < 1.29 is 31.8 Å². The lowest BCUT2D eigenvalue weighted by Gasteiger charge is -2.12. The van der Waals surface area contributed by atoms with Crippen LogP contribution < -0.4 is 25.4 Å². The van der Waals surface area contributed by atoms with Gasteiger partial charge in [0.1, 0.15) is 11.5 Å². The van der Waals surface area contributed by atoms with Gasteiger partial charge in [0.25, 0.3) is 5.91 Å². The molecule has 2 heterocycles. The molecule has 0 saturated carbocycles. The van der Waals surface area contributed by atoms with E-state index in [9.17, 15) is 22.4 Å². The van der Waals surface area contributed by atoms with Gasteiger partial charge in [-0.05, 0) is 30.3 Å². The van der Waals surface area contributed by atoms with Crippen LogP contribution in [0, 0.1) is 5.82 Å². The number of rotatable bonds is 6. The SMILES string of the molecule is CNC(=O)C1Cc2cc(Nc3ncc(F)c(Nc4cccc(OC(F)(F)F)c4)n3)ccc2O1. The maximum atomic E-state index is 14.2. The minimum Gasteiger partial charge on any atom is -0.480 e. The molecule has 12 heteroatoms. The van der Waals surface area contributed by atoms with Gasteiger partial charge in [-0.2, -0.15) is 4.98 Å². The van der Waals surface area contributed by atoms with Crippen molar-refractivity contribution in [2.75, 3.05) is 17.7 Å². The number of alkyl halides is 3. The second-order valence-corrected chi connectivity index (χ2v) is 6.96. The van der Waals surface area contributed by atoms with Crippen molar-refractivity contribution in [1.29, 1.82) is 0 Å².